The maximum atomic E-state index is 13.7. The number of carbonyl (C=O) groups excluding carboxylic acids is 1. The van der Waals surface area contributed by atoms with Gasteiger partial charge in [-0.3, -0.25) is 9.48 Å². The topological polar surface area (TPSA) is 50.5 Å². The smallest absolute Gasteiger partial charge is 0.249 e. The van der Waals surface area contributed by atoms with Crippen LogP contribution in [0, 0.1) is 22.5 Å². The van der Waals surface area contributed by atoms with Crippen LogP contribution in [0.5, 0.6) is 0 Å². The molecule has 7 rings (SSSR count). The molecule has 3 fully saturated rings. The van der Waals surface area contributed by atoms with E-state index in [1.165, 1.54) is 17.1 Å². The summed E-state index contributed by atoms with van der Waals surface area (Å²) >= 11 is 6.23. The Morgan fingerprint density at radius 3 is 2.61 bits per heavy atom. The van der Waals surface area contributed by atoms with E-state index in [4.69, 9.17) is 11.6 Å². The summed E-state index contributed by atoms with van der Waals surface area (Å²) in [5.74, 6) is -1.34. The first kappa shape index (κ1) is 18.9. The van der Waals surface area contributed by atoms with E-state index in [2.05, 4.69) is 10.2 Å². The summed E-state index contributed by atoms with van der Waals surface area (Å²) in [6.45, 7) is 0.745. The molecule has 3 saturated carbocycles. The maximum Gasteiger partial charge on any atom is 0.249 e. The molecule has 5 nitrogen and oxygen atoms in total. The molecule has 158 valence electrons. The van der Waals surface area contributed by atoms with Crippen molar-refractivity contribution < 1.29 is 13.6 Å². The highest BCUT2D eigenvalue weighted by Crippen LogP contribution is 2.74. The van der Waals surface area contributed by atoms with Gasteiger partial charge in [0.05, 0.1) is 16.5 Å². The van der Waals surface area contributed by atoms with Crippen LogP contribution >= 0.6 is 11.6 Å². The zero-order valence-electron chi connectivity index (χ0n) is 16.6. The van der Waals surface area contributed by atoms with E-state index in [9.17, 15) is 13.6 Å². The van der Waals surface area contributed by atoms with Gasteiger partial charge in [0.25, 0.3) is 0 Å². The lowest BCUT2D eigenvalue weighted by Gasteiger charge is -2.69. The summed E-state index contributed by atoms with van der Waals surface area (Å²) in [6.07, 6.45) is 6.43. The Kier molecular flexibility index (Phi) is 3.88. The Balaban J connectivity index is 1.17. The molecule has 2 bridgehead atoms. The van der Waals surface area contributed by atoms with Crippen LogP contribution in [0.1, 0.15) is 37.3 Å². The molecule has 4 aliphatic rings. The first-order chi connectivity index (χ1) is 14.9. The van der Waals surface area contributed by atoms with Crippen LogP contribution in [-0.4, -0.2) is 26.9 Å². The van der Waals surface area contributed by atoms with Crippen molar-refractivity contribution in [3.63, 3.8) is 0 Å². The normalized spacial score (nSPS) is 28.6. The van der Waals surface area contributed by atoms with Gasteiger partial charge < -0.3 is 0 Å². The largest absolute Gasteiger partial charge is 0.272 e. The van der Waals surface area contributed by atoms with Gasteiger partial charge >= 0.3 is 0 Å². The fourth-order valence-electron chi connectivity index (χ4n) is 5.77. The average molecular weight is 441 g/mol. The molecule has 3 aliphatic carbocycles. The van der Waals surface area contributed by atoms with Crippen LogP contribution < -0.4 is 0 Å². The van der Waals surface area contributed by atoms with Crippen molar-refractivity contribution in [3.05, 3.63) is 64.8 Å². The molecular formula is C23H19ClF2N4O. The Labute approximate surface area is 182 Å². The van der Waals surface area contributed by atoms with Gasteiger partial charge in [-0.1, -0.05) is 23.7 Å². The molecule has 8 heteroatoms. The van der Waals surface area contributed by atoms with Crippen LogP contribution in [-0.2, 0) is 11.3 Å². The van der Waals surface area contributed by atoms with Gasteiger partial charge in [0.15, 0.2) is 0 Å². The van der Waals surface area contributed by atoms with Gasteiger partial charge in [0, 0.05) is 36.8 Å². The predicted molar refractivity (Wildman–Crippen MR) is 113 cm³/mol. The van der Waals surface area contributed by atoms with E-state index < -0.39 is 23.1 Å². The van der Waals surface area contributed by atoms with Gasteiger partial charge in [-0.25, -0.2) is 13.8 Å². The Morgan fingerprint density at radius 1 is 1.16 bits per heavy atom. The minimum absolute atomic E-state index is 0.0496. The summed E-state index contributed by atoms with van der Waals surface area (Å²) in [5.41, 5.74) is 0.868. The summed E-state index contributed by atoms with van der Waals surface area (Å²) < 4.78 is 29.3. The maximum absolute atomic E-state index is 13.7. The first-order valence-electron chi connectivity index (χ1n) is 10.3. The molecule has 0 spiro atoms. The Bertz CT molecular complexity index is 1230. The highest BCUT2D eigenvalue weighted by Gasteiger charge is 2.72. The lowest BCUT2D eigenvalue weighted by Crippen LogP contribution is -2.68. The molecule has 1 aliphatic heterocycles. The van der Waals surface area contributed by atoms with Crippen molar-refractivity contribution in [2.24, 2.45) is 15.9 Å². The molecular weight excluding hydrogens is 422 g/mol. The minimum atomic E-state index is -0.648. The second-order valence-electron chi connectivity index (χ2n) is 9.22. The number of rotatable bonds is 4. The highest BCUT2D eigenvalue weighted by molar-refractivity contribution is 6.35. The number of amides is 1. The lowest BCUT2D eigenvalue weighted by atomic mass is 9.34. The zero-order chi connectivity index (χ0) is 21.4. The molecule has 3 aromatic rings. The van der Waals surface area contributed by atoms with Gasteiger partial charge in [-0.15, -0.1) is 0 Å². The van der Waals surface area contributed by atoms with Gasteiger partial charge in [0.2, 0.25) is 5.91 Å². The minimum Gasteiger partial charge on any atom is -0.272 e. The molecule has 1 aromatic heterocycles. The molecule has 1 unspecified atom stereocenters. The van der Waals surface area contributed by atoms with E-state index in [1.807, 2.05) is 29.1 Å². The van der Waals surface area contributed by atoms with Crippen LogP contribution in [0.4, 0.5) is 8.78 Å². The predicted octanol–water partition coefficient (Wildman–Crippen LogP) is 5.10. The third-order valence-corrected chi connectivity index (χ3v) is 7.24. The van der Waals surface area contributed by atoms with E-state index in [1.54, 1.807) is 6.21 Å². The molecule has 1 amide bonds. The molecule has 0 saturated heterocycles. The number of halogens is 3. The fraction of sp³-hybridized carbons (Fsp3) is 0.348. The van der Waals surface area contributed by atoms with Gasteiger partial charge in [-0.2, -0.15) is 10.2 Å². The number of benzene rings is 2. The van der Waals surface area contributed by atoms with Crippen molar-refractivity contribution in [2.75, 3.05) is 0 Å². The average Bonchev–Trinajstić information content (AvgIpc) is 3.29. The second kappa shape index (κ2) is 6.36. The number of carbonyl (C=O) groups is 1. The SMILES string of the molecule is O=C(N1N=CCC1c1cc(F)cc(F)c1)C12CC(Cn3cc4cccc(Cl)c4n3)(C1)C2. The number of hydrogen-bond donors (Lipinski definition) is 0. The number of aromatic nitrogens is 2. The Morgan fingerprint density at radius 2 is 1.90 bits per heavy atom. The first-order valence-corrected chi connectivity index (χ1v) is 10.7. The summed E-state index contributed by atoms with van der Waals surface area (Å²) in [6, 6.07) is 8.65. The number of hydrogen-bond acceptors (Lipinski definition) is 3. The molecule has 31 heavy (non-hydrogen) atoms. The summed E-state index contributed by atoms with van der Waals surface area (Å²) in [4.78, 5) is 13.3. The lowest BCUT2D eigenvalue weighted by molar-refractivity contribution is -0.223. The zero-order valence-corrected chi connectivity index (χ0v) is 17.3. The van der Waals surface area contributed by atoms with E-state index >= 15 is 0 Å². The van der Waals surface area contributed by atoms with Gasteiger partial charge in [0.1, 0.15) is 17.2 Å². The molecule has 0 N–H and O–H groups in total. The quantitative estimate of drug-likeness (QED) is 0.567. The number of fused-ring (bicyclic) bond motifs is 1. The third kappa shape index (κ3) is 2.82. The molecule has 2 heterocycles. The van der Waals surface area contributed by atoms with Crippen LogP contribution in [0.3, 0.4) is 0 Å². The van der Waals surface area contributed by atoms with E-state index in [0.29, 0.717) is 17.0 Å². The van der Waals surface area contributed by atoms with Crippen molar-refractivity contribution >= 4 is 34.6 Å². The van der Waals surface area contributed by atoms with Crippen molar-refractivity contribution in [1.29, 1.82) is 0 Å². The number of hydrazone groups is 1. The fourth-order valence-corrected chi connectivity index (χ4v) is 5.99. The van der Waals surface area contributed by atoms with Crippen molar-refractivity contribution in [2.45, 2.75) is 38.3 Å². The molecule has 0 radical (unpaired) electrons. The van der Waals surface area contributed by atoms with Crippen molar-refractivity contribution in [1.82, 2.24) is 14.8 Å². The molecule has 2 aromatic carbocycles. The van der Waals surface area contributed by atoms with Crippen LogP contribution in [0.15, 0.2) is 47.7 Å². The summed E-state index contributed by atoms with van der Waals surface area (Å²) in [5, 5.41) is 11.9. The van der Waals surface area contributed by atoms with E-state index in [-0.39, 0.29) is 11.3 Å². The number of nitrogens with zero attached hydrogens (tertiary/aromatic N) is 4. The molecule has 1 atom stereocenters. The highest BCUT2D eigenvalue weighted by atomic mass is 35.5. The standard InChI is InChI=1S/C23H19ClF2N4O/c24-18-3-1-2-14-9-29(28-20(14)18)13-22-10-23(11-22,12-22)21(31)30-19(4-5-27-30)15-6-16(25)8-17(26)7-15/h1-3,5-9,19H,4,10-13H2. The monoisotopic (exact) mass is 440 g/mol. The van der Waals surface area contributed by atoms with E-state index in [0.717, 1.165) is 42.8 Å². The Hall–Kier alpha value is -2.80. The van der Waals surface area contributed by atoms with Crippen LogP contribution in [0.25, 0.3) is 10.9 Å². The van der Waals surface area contributed by atoms with Crippen molar-refractivity contribution in [3.8, 4) is 0 Å². The summed E-state index contributed by atoms with van der Waals surface area (Å²) in [7, 11) is 0. The third-order valence-electron chi connectivity index (χ3n) is 6.93. The second-order valence-corrected chi connectivity index (χ2v) is 9.62. The van der Waals surface area contributed by atoms with Gasteiger partial charge in [-0.05, 0) is 48.4 Å². The van der Waals surface area contributed by atoms with Crippen LogP contribution in [0.2, 0.25) is 5.02 Å².